The summed E-state index contributed by atoms with van der Waals surface area (Å²) in [4.78, 5) is 2.48. The zero-order chi connectivity index (χ0) is 11.3. The average Bonchev–Trinajstić information content (AvgIpc) is 2.73. The quantitative estimate of drug-likeness (QED) is 0.712. The molecule has 16 heavy (non-hydrogen) atoms. The van der Waals surface area contributed by atoms with Crippen LogP contribution in [0.1, 0.15) is 32.1 Å². The molecule has 94 valence electrons. The molecule has 2 fully saturated rings. The Labute approximate surface area is 98.1 Å². The lowest BCUT2D eigenvalue weighted by molar-refractivity contribution is -0.189. The van der Waals surface area contributed by atoms with Crippen LogP contribution in [0.4, 0.5) is 0 Å². The summed E-state index contributed by atoms with van der Waals surface area (Å²) >= 11 is 0. The topological polar surface area (TPSA) is 47.7 Å². The minimum absolute atomic E-state index is 0.258. The molecular weight excluding hydrogens is 204 g/mol. The van der Waals surface area contributed by atoms with Crippen LogP contribution in [0.2, 0.25) is 0 Å². The van der Waals surface area contributed by atoms with Crippen LogP contribution in [-0.2, 0) is 9.47 Å². The van der Waals surface area contributed by atoms with E-state index in [9.17, 15) is 0 Å². The second-order valence-corrected chi connectivity index (χ2v) is 4.84. The van der Waals surface area contributed by atoms with E-state index >= 15 is 0 Å². The number of ether oxygens (including phenoxy) is 2. The molecule has 4 nitrogen and oxygen atoms in total. The molecule has 2 aliphatic heterocycles. The van der Waals surface area contributed by atoms with Gasteiger partial charge in [-0.25, -0.2) is 0 Å². The Morgan fingerprint density at radius 2 is 1.94 bits per heavy atom. The van der Waals surface area contributed by atoms with Gasteiger partial charge < -0.3 is 15.2 Å². The highest BCUT2D eigenvalue weighted by atomic mass is 16.7. The number of nitrogens with two attached hydrogens (primary N) is 1. The maximum absolute atomic E-state index is 5.76. The van der Waals surface area contributed by atoms with E-state index in [2.05, 4.69) is 4.90 Å². The number of likely N-dealkylation sites (tertiary alicyclic amines) is 1. The van der Waals surface area contributed by atoms with Crippen LogP contribution in [-0.4, -0.2) is 50.1 Å². The van der Waals surface area contributed by atoms with Gasteiger partial charge in [0.25, 0.3) is 0 Å². The summed E-state index contributed by atoms with van der Waals surface area (Å²) in [6.45, 7) is 5.65. The van der Waals surface area contributed by atoms with E-state index in [1.54, 1.807) is 0 Å². The highest BCUT2D eigenvalue weighted by Crippen LogP contribution is 2.30. The molecule has 0 aromatic carbocycles. The SMILES string of the molecule is NCCCCCN1CCCC2(C1)OCCO2. The fourth-order valence-corrected chi connectivity index (χ4v) is 2.65. The summed E-state index contributed by atoms with van der Waals surface area (Å²) in [7, 11) is 0. The molecule has 2 heterocycles. The van der Waals surface area contributed by atoms with E-state index in [1.807, 2.05) is 0 Å². The first-order valence-electron chi connectivity index (χ1n) is 6.55. The van der Waals surface area contributed by atoms with Gasteiger partial charge in [0.15, 0.2) is 5.79 Å². The van der Waals surface area contributed by atoms with Crippen molar-refractivity contribution in [1.82, 2.24) is 4.90 Å². The average molecular weight is 228 g/mol. The highest BCUT2D eigenvalue weighted by Gasteiger charge is 2.40. The predicted molar refractivity (Wildman–Crippen MR) is 63.2 cm³/mol. The van der Waals surface area contributed by atoms with Crippen LogP contribution in [0.25, 0.3) is 0 Å². The summed E-state index contributed by atoms with van der Waals surface area (Å²) in [5.41, 5.74) is 5.49. The molecule has 0 aromatic rings. The van der Waals surface area contributed by atoms with E-state index in [1.165, 1.54) is 25.8 Å². The van der Waals surface area contributed by atoms with Gasteiger partial charge in [-0.2, -0.15) is 0 Å². The van der Waals surface area contributed by atoms with Crippen molar-refractivity contribution in [1.29, 1.82) is 0 Å². The predicted octanol–water partition coefficient (Wildman–Crippen LogP) is 0.954. The van der Waals surface area contributed by atoms with Crippen LogP contribution in [0.15, 0.2) is 0 Å². The van der Waals surface area contributed by atoms with Crippen LogP contribution in [0.3, 0.4) is 0 Å². The Bertz CT molecular complexity index is 205. The van der Waals surface area contributed by atoms with Gasteiger partial charge in [0.05, 0.1) is 19.8 Å². The summed E-state index contributed by atoms with van der Waals surface area (Å²) in [6, 6.07) is 0. The van der Waals surface area contributed by atoms with E-state index in [0.29, 0.717) is 0 Å². The molecule has 2 saturated heterocycles. The molecule has 0 radical (unpaired) electrons. The standard InChI is InChI=1S/C12H24N2O2/c13-6-2-1-3-7-14-8-4-5-12(11-14)15-9-10-16-12/h1-11,13H2. The lowest BCUT2D eigenvalue weighted by Crippen LogP contribution is -2.49. The zero-order valence-corrected chi connectivity index (χ0v) is 10.1. The lowest BCUT2D eigenvalue weighted by Gasteiger charge is -2.38. The van der Waals surface area contributed by atoms with Crippen LogP contribution in [0, 0.1) is 0 Å². The molecule has 2 rings (SSSR count). The minimum Gasteiger partial charge on any atom is -0.346 e. The molecule has 0 bridgehead atoms. The number of hydrogen-bond acceptors (Lipinski definition) is 4. The molecule has 0 aliphatic carbocycles. The Morgan fingerprint density at radius 3 is 2.69 bits per heavy atom. The molecule has 1 spiro atoms. The molecule has 0 aromatic heterocycles. The first-order chi connectivity index (χ1) is 7.85. The van der Waals surface area contributed by atoms with Gasteiger partial charge in [-0.1, -0.05) is 6.42 Å². The number of piperidine rings is 1. The maximum Gasteiger partial charge on any atom is 0.181 e. The molecule has 0 atom stereocenters. The number of nitrogens with zero attached hydrogens (tertiary/aromatic N) is 1. The van der Waals surface area contributed by atoms with Gasteiger partial charge in [0.1, 0.15) is 0 Å². The van der Waals surface area contributed by atoms with E-state index in [0.717, 1.165) is 45.7 Å². The largest absolute Gasteiger partial charge is 0.346 e. The monoisotopic (exact) mass is 228 g/mol. The smallest absolute Gasteiger partial charge is 0.181 e. The van der Waals surface area contributed by atoms with Gasteiger partial charge in [-0.05, 0) is 38.9 Å². The molecule has 0 unspecified atom stereocenters. The van der Waals surface area contributed by atoms with Crippen LogP contribution in [0.5, 0.6) is 0 Å². The fourth-order valence-electron chi connectivity index (χ4n) is 2.65. The summed E-state index contributed by atoms with van der Waals surface area (Å²) in [6.07, 6.45) is 5.88. The van der Waals surface area contributed by atoms with Crippen molar-refractivity contribution in [2.24, 2.45) is 5.73 Å². The number of unbranched alkanes of at least 4 members (excludes halogenated alkanes) is 2. The second-order valence-electron chi connectivity index (χ2n) is 4.84. The van der Waals surface area contributed by atoms with Gasteiger partial charge in [-0.3, -0.25) is 4.90 Å². The van der Waals surface area contributed by atoms with Crippen LogP contribution >= 0.6 is 0 Å². The first-order valence-corrected chi connectivity index (χ1v) is 6.55. The summed E-state index contributed by atoms with van der Waals surface area (Å²) in [5, 5.41) is 0. The van der Waals surface area contributed by atoms with Crippen molar-refractivity contribution in [3.8, 4) is 0 Å². The van der Waals surface area contributed by atoms with E-state index < -0.39 is 0 Å². The van der Waals surface area contributed by atoms with E-state index in [-0.39, 0.29) is 5.79 Å². The fraction of sp³-hybridized carbons (Fsp3) is 1.00. The molecule has 4 heteroatoms. The third-order valence-corrected chi connectivity index (χ3v) is 3.49. The number of hydrogen-bond donors (Lipinski definition) is 1. The van der Waals surface area contributed by atoms with Crippen molar-refractivity contribution in [2.45, 2.75) is 37.9 Å². The van der Waals surface area contributed by atoms with Gasteiger partial charge >= 0.3 is 0 Å². The third-order valence-electron chi connectivity index (χ3n) is 3.49. The normalized spacial score (nSPS) is 25.3. The minimum atomic E-state index is -0.258. The number of rotatable bonds is 5. The van der Waals surface area contributed by atoms with E-state index in [4.69, 9.17) is 15.2 Å². The highest BCUT2D eigenvalue weighted by molar-refractivity contribution is 4.83. The Hall–Kier alpha value is -0.160. The van der Waals surface area contributed by atoms with Crippen molar-refractivity contribution in [2.75, 3.05) is 39.4 Å². The third kappa shape index (κ3) is 3.17. The van der Waals surface area contributed by atoms with Gasteiger partial charge in [0.2, 0.25) is 0 Å². The molecule has 0 saturated carbocycles. The van der Waals surface area contributed by atoms with Gasteiger partial charge in [0, 0.05) is 6.42 Å². The Balaban J connectivity index is 1.70. The van der Waals surface area contributed by atoms with Crippen molar-refractivity contribution in [3.63, 3.8) is 0 Å². The molecular formula is C12H24N2O2. The molecule has 0 amide bonds. The summed E-state index contributed by atoms with van der Waals surface area (Å²) < 4.78 is 11.5. The maximum atomic E-state index is 5.76. The molecule has 2 aliphatic rings. The molecule has 2 N–H and O–H groups in total. The van der Waals surface area contributed by atoms with Crippen molar-refractivity contribution >= 4 is 0 Å². The van der Waals surface area contributed by atoms with Crippen molar-refractivity contribution < 1.29 is 9.47 Å². The first kappa shape index (κ1) is 12.3. The Morgan fingerprint density at radius 1 is 1.12 bits per heavy atom. The second kappa shape index (κ2) is 5.96. The van der Waals surface area contributed by atoms with Gasteiger partial charge in [-0.15, -0.1) is 0 Å². The lowest BCUT2D eigenvalue weighted by atomic mass is 10.0. The van der Waals surface area contributed by atoms with Crippen molar-refractivity contribution in [3.05, 3.63) is 0 Å². The summed E-state index contributed by atoms with van der Waals surface area (Å²) in [5.74, 6) is -0.258. The Kier molecular flexibility index (Phi) is 4.58. The van der Waals surface area contributed by atoms with Crippen LogP contribution < -0.4 is 5.73 Å². The zero-order valence-electron chi connectivity index (χ0n) is 10.1.